The molecule has 1 aliphatic heterocycles. The maximum atomic E-state index is 13.5. The van der Waals surface area contributed by atoms with E-state index in [4.69, 9.17) is 4.98 Å². The molecule has 3 amide bonds. The third-order valence-corrected chi connectivity index (χ3v) is 7.77. The molecule has 4 aromatic rings. The molecule has 2 aromatic heterocycles. The van der Waals surface area contributed by atoms with Gasteiger partial charge in [-0.3, -0.25) is 19.4 Å². The van der Waals surface area contributed by atoms with Crippen LogP contribution in [-0.2, 0) is 20.9 Å². The number of amides is 3. The van der Waals surface area contributed by atoms with E-state index in [9.17, 15) is 14.4 Å². The van der Waals surface area contributed by atoms with Crippen molar-refractivity contribution < 1.29 is 14.4 Å². The molecule has 1 atom stereocenters. The van der Waals surface area contributed by atoms with E-state index in [-0.39, 0.29) is 36.6 Å². The van der Waals surface area contributed by atoms with E-state index in [1.807, 2.05) is 30.3 Å². The van der Waals surface area contributed by atoms with Gasteiger partial charge < -0.3 is 4.90 Å². The van der Waals surface area contributed by atoms with Gasteiger partial charge in [0, 0.05) is 30.4 Å². The van der Waals surface area contributed by atoms with Crippen LogP contribution in [0.2, 0.25) is 0 Å². The summed E-state index contributed by atoms with van der Waals surface area (Å²) in [6.07, 6.45) is 4.99. The lowest BCUT2D eigenvalue weighted by Crippen LogP contribution is -2.45. The smallest absolute Gasteiger partial charge is 0.257 e. The van der Waals surface area contributed by atoms with Crippen molar-refractivity contribution in [3.05, 3.63) is 78.1 Å². The molecule has 36 heavy (non-hydrogen) atoms. The first-order valence-electron chi connectivity index (χ1n) is 12.0. The van der Waals surface area contributed by atoms with E-state index in [1.165, 1.54) is 10.5 Å². The second-order valence-electron chi connectivity index (χ2n) is 9.43. The van der Waals surface area contributed by atoms with Gasteiger partial charge in [0.15, 0.2) is 0 Å². The van der Waals surface area contributed by atoms with Crippen LogP contribution in [0, 0.1) is 12.8 Å². The van der Waals surface area contributed by atoms with Crippen LogP contribution in [0.5, 0.6) is 0 Å². The number of pyridine rings is 1. The molecule has 2 aromatic carbocycles. The van der Waals surface area contributed by atoms with Crippen LogP contribution in [0.1, 0.15) is 30.4 Å². The van der Waals surface area contributed by atoms with Crippen LogP contribution in [-0.4, -0.2) is 38.6 Å². The first-order valence-corrected chi connectivity index (χ1v) is 12.8. The van der Waals surface area contributed by atoms with Gasteiger partial charge in [0.25, 0.3) is 5.91 Å². The minimum Gasteiger partial charge on any atom is -0.325 e. The van der Waals surface area contributed by atoms with Gasteiger partial charge in [0.2, 0.25) is 11.8 Å². The maximum absolute atomic E-state index is 13.5. The van der Waals surface area contributed by atoms with Crippen molar-refractivity contribution in [2.45, 2.75) is 38.8 Å². The second kappa shape index (κ2) is 8.95. The van der Waals surface area contributed by atoms with Crippen LogP contribution in [0.3, 0.4) is 0 Å². The number of thiazole rings is 1. The molecule has 180 valence electrons. The van der Waals surface area contributed by atoms with E-state index < -0.39 is 6.04 Å². The van der Waals surface area contributed by atoms with Crippen LogP contribution >= 0.6 is 11.3 Å². The highest BCUT2D eigenvalue weighted by Gasteiger charge is 2.46. The minimum absolute atomic E-state index is 0.0173. The number of fused-ring (bicyclic) bond motifs is 1. The third kappa shape index (κ3) is 4.18. The number of nitrogens with zero attached hydrogens (tertiary/aromatic N) is 4. The number of benzene rings is 2. The van der Waals surface area contributed by atoms with Gasteiger partial charge in [-0.1, -0.05) is 12.1 Å². The number of imide groups is 1. The second-order valence-corrected chi connectivity index (χ2v) is 10.5. The van der Waals surface area contributed by atoms with Crippen molar-refractivity contribution in [2.24, 2.45) is 5.92 Å². The van der Waals surface area contributed by atoms with Gasteiger partial charge in [-0.25, -0.2) is 9.88 Å². The Hall–Kier alpha value is -3.91. The molecule has 8 heteroatoms. The number of rotatable bonds is 6. The lowest BCUT2D eigenvalue weighted by atomic mass is 10.1. The van der Waals surface area contributed by atoms with E-state index >= 15 is 0 Å². The highest BCUT2D eigenvalue weighted by atomic mass is 32.1. The molecule has 1 saturated heterocycles. The Balaban J connectivity index is 1.25. The van der Waals surface area contributed by atoms with E-state index in [0.717, 1.165) is 39.2 Å². The fraction of sp³-hybridized carbons (Fsp3) is 0.250. The quantitative estimate of drug-likeness (QED) is 0.360. The van der Waals surface area contributed by atoms with Crippen molar-refractivity contribution in [2.75, 3.05) is 4.90 Å². The zero-order valence-electron chi connectivity index (χ0n) is 19.8. The summed E-state index contributed by atoms with van der Waals surface area (Å²) in [7, 11) is 0. The Morgan fingerprint density at radius 3 is 2.64 bits per heavy atom. The average molecular weight is 497 g/mol. The molecule has 6 rings (SSSR count). The highest BCUT2D eigenvalue weighted by Crippen LogP contribution is 2.36. The Labute approximate surface area is 212 Å². The lowest BCUT2D eigenvalue weighted by Gasteiger charge is -2.28. The lowest BCUT2D eigenvalue weighted by molar-refractivity contribution is -0.140. The molecule has 1 saturated carbocycles. The zero-order valence-corrected chi connectivity index (χ0v) is 20.6. The fourth-order valence-corrected chi connectivity index (χ4v) is 5.70. The normalized spacial score (nSPS) is 17.7. The first-order chi connectivity index (χ1) is 17.5. The van der Waals surface area contributed by atoms with Crippen LogP contribution in [0.15, 0.2) is 67.0 Å². The zero-order chi connectivity index (χ0) is 24.8. The summed E-state index contributed by atoms with van der Waals surface area (Å²) in [6.45, 7) is 2.32. The molecule has 2 fully saturated rings. The van der Waals surface area contributed by atoms with Crippen molar-refractivity contribution in [3.63, 3.8) is 0 Å². The SMILES string of the molecule is Cc1ccc2nc(-c3ccc(N4C(=O)CC(N(Cc5cccnc5)C(=O)C5CC5)C4=O)cc3)sc2c1. The first kappa shape index (κ1) is 22.5. The summed E-state index contributed by atoms with van der Waals surface area (Å²) in [5, 5.41) is 0.886. The molecule has 0 spiro atoms. The van der Waals surface area contributed by atoms with Gasteiger partial charge in [-0.05, 0) is 73.4 Å². The summed E-state index contributed by atoms with van der Waals surface area (Å²) < 4.78 is 1.12. The molecule has 7 nitrogen and oxygen atoms in total. The largest absolute Gasteiger partial charge is 0.325 e. The molecule has 2 aliphatic rings. The third-order valence-electron chi connectivity index (χ3n) is 6.70. The number of aryl methyl sites for hydroxylation is 1. The Kier molecular flexibility index (Phi) is 5.60. The Bertz CT molecular complexity index is 1480. The molecule has 1 aliphatic carbocycles. The van der Waals surface area contributed by atoms with Crippen molar-refractivity contribution in [1.82, 2.24) is 14.9 Å². The van der Waals surface area contributed by atoms with Crippen LogP contribution in [0.25, 0.3) is 20.8 Å². The summed E-state index contributed by atoms with van der Waals surface area (Å²) in [4.78, 5) is 51.2. The van der Waals surface area contributed by atoms with Crippen LogP contribution < -0.4 is 4.90 Å². The Morgan fingerprint density at radius 1 is 1.11 bits per heavy atom. The predicted octanol–water partition coefficient (Wildman–Crippen LogP) is 4.74. The van der Waals surface area contributed by atoms with E-state index in [1.54, 1.807) is 46.8 Å². The van der Waals surface area contributed by atoms with Gasteiger partial charge in [0.1, 0.15) is 11.0 Å². The number of carbonyl (C=O) groups is 3. The summed E-state index contributed by atoms with van der Waals surface area (Å²) in [5.74, 6) is -0.780. The maximum Gasteiger partial charge on any atom is 0.257 e. The van der Waals surface area contributed by atoms with Crippen molar-refractivity contribution >= 4 is 45.0 Å². The van der Waals surface area contributed by atoms with Gasteiger partial charge in [-0.2, -0.15) is 0 Å². The summed E-state index contributed by atoms with van der Waals surface area (Å²) >= 11 is 1.61. The molecule has 1 unspecified atom stereocenters. The standard InChI is InChI=1S/C28H24N4O3S/c1-17-4-11-22-24(13-17)36-26(30-22)19-7-9-21(10-8-19)32-25(33)14-23(28(32)35)31(27(34)20-5-6-20)16-18-3-2-12-29-15-18/h2-4,7-13,15,20,23H,5-6,14,16H2,1H3. The number of anilines is 1. The Morgan fingerprint density at radius 2 is 1.92 bits per heavy atom. The molecular formula is C28H24N4O3S. The molecular weight excluding hydrogens is 472 g/mol. The highest BCUT2D eigenvalue weighted by molar-refractivity contribution is 7.21. The number of hydrogen-bond acceptors (Lipinski definition) is 6. The van der Waals surface area contributed by atoms with Gasteiger partial charge >= 0.3 is 0 Å². The molecule has 3 heterocycles. The predicted molar refractivity (Wildman–Crippen MR) is 138 cm³/mol. The van der Waals surface area contributed by atoms with E-state index in [0.29, 0.717) is 5.69 Å². The van der Waals surface area contributed by atoms with Gasteiger partial charge in [-0.15, -0.1) is 11.3 Å². The topological polar surface area (TPSA) is 83.5 Å². The number of carbonyl (C=O) groups excluding carboxylic acids is 3. The minimum atomic E-state index is -0.807. The summed E-state index contributed by atoms with van der Waals surface area (Å²) in [5.41, 5.74) is 4.40. The number of hydrogen-bond donors (Lipinski definition) is 0. The molecule has 0 bridgehead atoms. The summed E-state index contributed by atoms with van der Waals surface area (Å²) in [6, 6.07) is 16.4. The number of aromatic nitrogens is 2. The van der Waals surface area contributed by atoms with Crippen LogP contribution in [0.4, 0.5) is 5.69 Å². The van der Waals surface area contributed by atoms with E-state index in [2.05, 4.69) is 18.0 Å². The van der Waals surface area contributed by atoms with Crippen molar-refractivity contribution in [3.8, 4) is 10.6 Å². The monoisotopic (exact) mass is 496 g/mol. The fourth-order valence-electron chi connectivity index (χ4n) is 4.63. The van der Waals surface area contributed by atoms with Crippen molar-refractivity contribution in [1.29, 1.82) is 0 Å². The van der Waals surface area contributed by atoms with Gasteiger partial charge in [0.05, 0.1) is 22.3 Å². The molecule has 0 radical (unpaired) electrons. The average Bonchev–Trinajstić information content (AvgIpc) is 3.59. The molecule has 0 N–H and O–H groups in total.